The second kappa shape index (κ2) is 13.3. The lowest BCUT2D eigenvalue weighted by atomic mass is 9.97. The van der Waals surface area contributed by atoms with Crippen LogP contribution in [0.15, 0.2) is 29.3 Å². The fourth-order valence-electron chi connectivity index (χ4n) is 4.46. The number of hydrogen-bond donors (Lipinski definition) is 1. The number of piperidine rings is 1. The zero-order valence-corrected chi connectivity index (χ0v) is 21.6. The predicted octanol–water partition coefficient (Wildman–Crippen LogP) is 3.99. The molecule has 2 heterocycles. The molecule has 6 nitrogen and oxygen atoms in total. The molecule has 0 radical (unpaired) electrons. The van der Waals surface area contributed by atoms with Gasteiger partial charge in [0.25, 0.3) is 0 Å². The lowest BCUT2D eigenvalue weighted by Gasteiger charge is -2.34. The smallest absolute Gasteiger partial charge is 0.309 e. The SMILES string of the molecule is CCNC(=NCC(c1ccc(C)cc1)N1CCCC1)N1CCC(C(=O)OCC)CC1.I. The Morgan fingerprint density at radius 1 is 1.13 bits per heavy atom. The number of rotatable bonds is 7. The first kappa shape index (κ1) is 25.9. The number of halogens is 1. The normalized spacial score (nSPS) is 19.1. The van der Waals surface area contributed by atoms with Crippen molar-refractivity contribution in [2.75, 3.05) is 45.9 Å². The monoisotopic (exact) mass is 542 g/mol. The molecule has 2 saturated heterocycles. The minimum absolute atomic E-state index is 0. The Morgan fingerprint density at radius 2 is 1.77 bits per heavy atom. The maximum atomic E-state index is 12.1. The Balaban J connectivity index is 0.00000341. The summed E-state index contributed by atoms with van der Waals surface area (Å²) in [6, 6.07) is 9.23. The molecule has 1 unspecified atom stereocenters. The molecule has 1 N–H and O–H groups in total. The quantitative estimate of drug-likeness (QED) is 0.245. The van der Waals surface area contributed by atoms with Gasteiger partial charge < -0.3 is 15.0 Å². The van der Waals surface area contributed by atoms with Gasteiger partial charge in [0.05, 0.1) is 25.1 Å². The van der Waals surface area contributed by atoms with Gasteiger partial charge in [0.1, 0.15) is 0 Å². The van der Waals surface area contributed by atoms with Gasteiger partial charge in [-0.05, 0) is 65.1 Å². The molecule has 1 aromatic carbocycles. The topological polar surface area (TPSA) is 57.2 Å². The summed E-state index contributed by atoms with van der Waals surface area (Å²) in [7, 11) is 0. The van der Waals surface area contributed by atoms with E-state index in [1.54, 1.807) is 0 Å². The van der Waals surface area contributed by atoms with Gasteiger partial charge >= 0.3 is 5.97 Å². The summed E-state index contributed by atoms with van der Waals surface area (Å²) in [6.07, 6.45) is 4.20. The van der Waals surface area contributed by atoms with Crippen molar-refractivity contribution in [2.24, 2.45) is 10.9 Å². The fraction of sp³-hybridized carbons (Fsp3) is 0.667. The first-order valence-electron chi connectivity index (χ1n) is 11.6. The summed E-state index contributed by atoms with van der Waals surface area (Å²) in [5.41, 5.74) is 2.64. The Kier molecular flexibility index (Phi) is 11.1. The number of carbonyl (C=O) groups excluding carboxylic acids is 1. The van der Waals surface area contributed by atoms with Crippen molar-refractivity contribution >= 4 is 35.9 Å². The largest absolute Gasteiger partial charge is 0.466 e. The summed E-state index contributed by atoms with van der Waals surface area (Å²) < 4.78 is 5.21. The molecule has 2 aliphatic rings. The van der Waals surface area contributed by atoms with Crippen LogP contribution in [-0.2, 0) is 9.53 Å². The number of nitrogens with zero attached hydrogens (tertiary/aromatic N) is 3. The van der Waals surface area contributed by atoms with Gasteiger partial charge in [0.15, 0.2) is 5.96 Å². The number of benzene rings is 1. The number of aliphatic imine (C=N–C) groups is 1. The molecular formula is C24H39IN4O2. The minimum Gasteiger partial charge on any atom is -0.466 e. The number of hydrogen-bond acceptors (Lipinski definition) is 4. The molecule has 0 aromatic heterocycles. The number of guanidine groups is 1. The highest BCUT2D eigenvalue weighted by molar-refractivity contribution is 14.0. The van der Waals surface area contributed by atoms with E-state index in [1.807, 2.05) is 6.92 Å². The molecule has 3 rings (SSSR count). The number of carbonyl (C=O) groups is 1. The highest BCUT2D eigenvalue weighted by Gasteiger charge is 2.28. The van der Waals surface area contributed by atoms with E-state index in [0.717, 1.165) is 58.1 Å². The van der Waals surface area contributed by atoms with Crippen molar-refractivity contribution in [2.45, 2.75) is 52.5 Å². The van der Waals surface area contributed by atoms with Crippen LogP contribution >= 0.6 is 24.0 Å². The van der Waals surface area contributed by atoms with Crippen molar-refractivity contribution < 1.29 is 9.53 Å². The van der Waals surface area contributed by atoms with Gasteiger partial charge in [-0.1, -0.05) is 29.8 Å². The molecule has 1 aromatic rings. The molecule has 0 aliphatic carbocycles. The second-order valence-electron chi connectivity index (χ2n) is 8.38. The third kappa shape index (κ3) is 7.34. The van der Waals surface area contributed by atoms with Crippen molar-refractivity contribution in [3.05, 3.63) is 35.4 Å². The number of likely N-dealkylation sites (tertiary alicyclic amines) is 2. The molecule has 174 valence electrons. The standard InChI is InChI=1S/C24H38N4O2.HI/c1-4-25-24(28-16-12-21(13-17-28)23(29)30-5-2)26-18-22(27-14-6-7-15-27)20-10-8-19(3)9-11-20;/h8-11,21-22H,4-7,12-18H2,1-3H3,(H,25,26);1H. The van der Waals surface area contributed by atoms with Crippen LogP contribution in [0.25, 0.3) is 0 Å². The molecule has 0 saturated carbocycles. The molecule has 1 atom stereocenters. The van der Waals surface area contributed by atoms with Crippen LogP contribution in [-0.4, -0.2) is 67.6 Å². The van der Waals surface area contributed by atoms with Crippen LogP contribution in [0.4, 0.5) is 0 Å². The number of aryl methyl sites for hydroxylation is 1. The van der Waals surface area contributed by atoms with Crippen LogP contribution < -0.4 is 5.32 Å². The van der Waals surface area contributed by atoms with Crippen molar-refractivity contribution in [3.63, 3.8) is 0 Å². The number of ether oxygens (including phenoxy) is 1. The summed E-state index contributed by atoms with van der Waals surface area (Å²) in [6.45, 7) is 12.1. The lowest BCUT2D eigenvalue weighted by Crippen LogP contribution is -2.47. The fourth-order valence-corrected chi connectivity index (χ4v) is 4.46. The van der Waals surface area contributed by atoms with E-state index >= 15 is 0 Å². The minimum atomic E-state index is -0.0486. The Labute approximate surface area is 204 Å². The van der Waals surface area contributed by atoms with Crippen LogP contribution in [0.2, 0.25) is 0 Å². The third-order valence-electron chi connectivity index (χ3n) is 6.21. The van der Waals surface area contributed by atoms with Crippen LogP contribution in [0.1, 0.15) is 56.7 Å². The summed E-state index contributed by atoms with van der Waals surface area (Å²) >= 11 is 0. The Hall–Kier alpha value is -1.35. The summed E-state index contributed by atoms with van der Waals surface area (Å²) in [4.78, 5) is 22.0. The van der Waals surface area contributed by atoms with Gasteiger partial charge in [-0.3, -0.25) is 14.7 Å². The zero-order valence-electron chi connectivity index (χ0n) is 19.3. The van der Waals surface area contributed by atoms with Gasteiger partial charge in [-0.25, -0.2) is 0 Å². The molecule has 2 fully saturated rings. The van der Waals surface area contributed by atoms with E-state index < -0.39 is 0 Å². The van der Waals surface area contributed by atoms with Gasteiger partial charge in [0, 0.05) is 19.6 Å². The predicted molar refractivity (Wildman–Crippen MR) is 137 cm³/mol. The molecule has 7 heteroatoms. The third-order valence-corrected chi connectivity index (χ3v) is 6.21. The average Bonchev–Trinajstić information content (AvgIpc) is 3.29. The molecule has 0 bridgehead atoms. The maximum Gasteiger partial charge on any atom is 0.309 e. The van der Waals surface area contributed by atoms with Crippen molar-refractivity contribution in [1.29, 1.82) is 0 Å². The van der Waals surface area contributed by atoms with E-state index in [-0.39, 0.29) is 35.9 Å². The van der Waals surface area contributed by atoms with Gasteiger partial charge in [-0.2, -0.15) is 0 Å². The number of esters is 1. The first-order chi connectivity index (χ1) is 14.6. The number of nitrogens with one attached hydrogen (secondary N) is 1. The molecule has 0 spiro atoms. The Morgan fingerprint density at radius 3 is 2.35 bits per heavy atom. The molecule has 0 amide bonds. The van der Waals surface area contributed by atoms with E-state index in [1.165, 1.54) is 24.0 Å². The first-order valence-corrected chi connectivity index (χ1v) is 11.6. The highest BCUT2D eigenvalue weighted by Crippen LogP contribution is 2.26. The van der Waals surface area contributed by atoms with Gasteiger partial charge in [0.2, 0.25) is 0 Å². The summed E-state index contributed by atoms with van der Waals surface area (Å²) in [5, 5.41) is 3.47. The van der Waals surface area contributed by atoms with E-state index in [4.69, 9.17) is 9.73 Å². The lowest BCUT2D eigenvalue weighted by molar-refractivity contribution is -0.149. The van der Waals surface area contributed by atoms with Crippen molar-refractivity contribution in [3.8, 4) is 0 Å². The zero-order chi connectivity index (χ0) is 21.3. The van der Waals surface area contributed by atoms with Gasteiger partial charge in [-0.15, -0.1) is 24.0 Å². The van der Waals surface area contributed by atoms with E-state index in [2.05, 4.69) is 53.2 Å². The van der Waals surface area contributed by atoms with E-state index in [9.17, 15) is 4.79 Å². The van der Waals surface area contributed by atoms with E-state index in [0.29, 0.717) is 12.6 Å². The van der Waals surface area contributed by atoms with Crippen LogP contribution in [0.5, 0.6) is 0 Å². The second-order valence-corrected chi connectivity index (χ2v) is 8.38. The molecule has 2 aliphatic heterocycles. The molecular weight excluding hydrogens is 503 g/mol. The molecule has 31 heavy (non-hydrogen) atoms. The van der Waals surface area contributed by atoms with Crippen molar-refractivity contribution in [1.82, 2.24) is 15.1 Å². The maximum absolute atomic E-state index is 12.1. The summed E-state index contributed by atoms with van der Waals surface area (Å²) in [5.74, 6) is 0.942. The van der Waals surface area contributed by atoms with Crippen LogP contribution in [0.3, 0.4) is 0 Å². The Bertz CT molecular complexity index is 696. The average molecular weight is 543 g/mol. The van der Waals surface area contributed by atoms with Crippen LogP contribution in [0, 0.1) is 12.8 Å². The highest BCUT2D eigenvalue weighted by atomic mass is 127.